The number of nitriles is 1. The van der Waals surface area contributed by atoms with Gasteiger partial charge >= 0.3 is 12.6 Å². The zero-order chi connectivity index (χ0) is 24.0. The highest BCUT2D eigenvalue weighted by molar-refractivity contribution is 5.86. The molecule has 0 saturated heterocycles. The van der Waals surface area contributed by atoms with E-state index >= 15 is 0 Å². The summed E-state index contributed by atoms with van der Waals surface area (Å²) in [6.45, 7) is 0.245. The van der Waals surface area contributed by atoms with Gasteiger partial charge < -0.3 is 14.6 Å². The lowest BCUT2D eigenvalue weighted by Crippen LogP contribution is -2.40. The van der Waals surface area contributed by atoms with E-state index in [-0.39, 0.29) is 17.7 Å². The molecule has 1 atom stereocenters. The van der Waals surface area contributed by atoms with Crippen LogP contribution in [0.3, 0.4) is 0 Å². The highest BCUT2D eigenvalue weighted by atomic mass is 19.3. The number of carbonyl (C=O) groups is 1. The fourth-order valence-electron chi connectivity index (χ4n) is 3.75. The van der Waals surface area contributed by atoms with Gasteiger partial charge in [-0.05, 0) is 65.4 Å². The summed E-state index contributed by atoms with van der Waals surface area (Å²) >= 11 is 0. The van der Waals surface area contributed by atoms with Gasteiger partial charge in [0, 0.05) is 0 Å². The van der Waals surface area contributed by atoms with E-state index in [0.29, 0.717) is 17.1 Å². The van der Waals surface area contributed by atoms with Crippen LogP contribution in [-0.2, 0) is 16.6 Å². The topological polar surface area (TPSA) is 79.6 Å². The quantitative estimate of drug-likeness (QED) is 0.421. The molecule has 1 N–H and O–H groups in total. The van der Waals surface area contributed by atoms with Crippen LogP contribution in [0, 0.1) is 17.2 Å². The first-order valence-corrected chi connectivity index (χ1v) is 10.3. The molecule has 0 aliphatic heterocycles. The van der Waals surface area contributed by atoms with Crippen molar-refractivity contribution >= 4 is 5.97 Å². The number of rotatable bonds is 9. The van der Waals surface area contributed by atoms with Crippen molar-refractivity contribution in [3.05, 3.63) is 89.5 Å². The molecule has 0 heterocycles. The van der Waals surface area contributed by atoms with Gasteiger partial charge in [0.25, 0.3) is 0 Å². The standard InChI is InChI=1S/C26H23F2NO4/c1-17(2)26(16-29,24(30)31)23-12-11-22(33-25(27)28)15-19(23)13-18-7-6-10-21(14-18)32-20-8-4-3-5-9-20/h3-12,14-15,17,25H,13H2,1-2H3,(H,30,31). The molecule has 3 aromatic rings. The molecule has 170 valence electrons. The van der Waals surface area contributed by atoms with Crippen molar-refractivity contribution in [2.75, 3.05) is 0 Å². The second-order valence-electron chi connectivity index (χ2n) is 7.82. The number of benzene rings is 3. The summed E-state index contributed by atoms with van der Waals surface area (Å²) in [5, 5.41) is 19.8. The molecule has 0 spiro atoms. The van der Waals surface area contributed by atoms with Crippen LogP contribution >= 0.6 is 0 Å². The lowest BCUT2D eigenvalue weighted by Gasteiger charge is -2.29. The molecule has 0 aromatic heterocycles. The number of hydrogen-bond donors (Lipinski definition) is 1. The van der Waals surface area contributed by atoms with E-state index in [1.54, 1.807) is 32.0 Å². The summed E-state index contributed by atoms with van der Waals surface area (Å²) in [7, 11) is 0. The molecule has 0 radical (unpaired) electrons. The Morgan fingerprint density at radius 1 is 1.00 bits per heavy atom. The summed E-state index contributed by atoms with van der Waals surface area (Å²) in [5.74, 6) is -0.773. The predicted molar refractivity (Wildman–Crippen MR) is 119 cm³/mol. The van der Waals surface area contributed by atoms with Crippen molar-refractivity contribution < 1.29 is 28.2 Å². The van der Waals surface area contributed by atoms with Crippen molar-refractivity contribution in [3.63, 3.8) is 0 Å². The second kappa shape index (κ2) is 10.1. The summed E-state index contributed by atoms with van der Waals surface area (Å²) < 4.78 is 36.0. The van der Waals surface area contributed by atoms with Gasteiger partial charge in [-0.3, -0.25) is 4.79 Å². The molecule has 3 aromatic carbocycles. The molecule has 3 rings (SSSR count). The largest absolute Gasteiger partial charge is 0.480 e. The first kappa shape index (κ1) is 23.7. The number of ether oxygens (including phenoxy) is 2. The smallest absolute Gasteiger partial charge is 0.387 e. The fourth-order valence-corrected chi connectivity index (χ4v) is 3.75. The van der Waals surface area contributed by atoms with Crippen LogP contribution in [0.15, 0.2) is 72.8 Å². The third kappa shape index (κ3) is 5.29. The number of carboxylic acid groups (broad SMARTS) is 1. The Balaban J connectivity index is 2.05. The van der Waals surface area contributed by atoms with Crippen molar-refractivity contribution in [1.82, 2.24) is 0 Å². The maximum atomic E-state index is 12.8. The number of nitrogens with zero attached hydrogens (tertiary/aromatic N) is 1. The number of hydrogen-bond acceptors (Lipinski definition) is 4. The molecule has 0 aliphatic carbocycles. The summed E-state index contributed by atoms with van der Waals surface area (Å²) in [6, 6.07) is 22.3. The van der Waals surface area contributed by atoms with Crippen LogP contribution in [0.5, 0.6) is 17.2 Å². The number of carboxylic acids is 1. The minimum atomic E-state index is -3.03. The van der Waals surface area contributed by atoms with Crippen molar-refractivity contribution in [1.29, 1.82) is 5.26 Å². The summed E-state index contributed by atoms with van der Waals surface area (Å²) in [5.41, 5.74) is -0.456. The Kier molecular flexibility index (Phi) is 7.29. The molecule has 1 unspecified atom stereocenters. The van der Waals surface area contributed by atoms with E-state index in [1.165, 1.54) is 18.2 Å². The molecule has 0 amide bonds. The zero-order valence-corrected chi connectivity index (χ0v) is 18.2. The summed E-state index contributed by atoms with van der Waals surface area (Å²) in [4.78, 5) is 12.2. The van der Waals surface area contributed by atoms with Gasteiger partial charge in [0.2, 0.25) is 0 Å². The average Bonchev–Trinajstić information content (AvgIpc) is 2.76. The molecule has 0 saturated carbocycles. The maximum absolute atomic E-state index is 12.8. The highest BCUT2D eigenvalue weighted by Crippen LogP contribution is 2.37. The van der Waals surface area contributed by atoms with Gasteiger partial charge in [0.15, 0.2) is 5.41 Å². The number of halogens is 2. The third-order valence-corrected chi connectivity index (χ3v) is 5.38. The molecular formula is C26H23F2NO4. The number of aliphatic carboxylic acids is 1. The van der Waals surface area contributed by atoms with Crippen molar-refractivity contribution in [2.45, 2.75) is 32.3 Å². The Morgan fingerprint density at radius 2 is 1.70 bits per heavy atom. The Hall–Kier alpha value is -3.92. The van der Waals surface area contributed by atoms with E-state index < -0.39 is 23.9 Å². The van der Waals surface area contributed by atoms with E-state index in [1.807, 2.05) is 42.5 Å². The molecule has 7 heteroatoms. The minimum absolute atomic E-state index is 0.110. The van der Waals surface area contributed by atoms with Crippen LogP contribution in [0.25, 0.3) is 0 Å². The second-order valence-corrected chi connectivity index (χ2v) is 7.82. The van der Waals surface area contributed by atoms with Crippen LogP contribution < -0.4 is 9.47 Å². The fraction of sp³-hybridized carbons (Fsp3) is 0.231. The molecular weight excluding hydrogens is 428 g/mol. The molecule has 0 fully saturated rings. The Morgan fingerprint density at radius 3 is 2.30 bits per heavy atom. The molecule has 0 aliphatic rings. The van der Waals surface area contributed by atoms with Gasteiger partial charge in [0.1, 0.15) is 17.2 Å². The number of para-hydroxylation sites is 1. The Labute approximate surface area is 190 Å². The van der Waals surface area contributed by atoms with Crippen molar-refractivity contribution in [3.8, 4) is 23.3 Å². The lowest BCUT2D eigenvalue weighted by atomic mass is 9.70. The van der Waals surface area contributed by atoms with Gasteiger partial charge in [-0.2, -0.15) is 14.0 Å². The van der Waals surface area contributed by atoms with Crippen LogP contribution in [0.1, 0.15) is 30.5 Å². The van der Waals surface area contributed by atoms with Crippen molar-refractivity contribution in [2.24, 2.45) is 5.92 Å². The van der Waals surface area contributed by atoms with Gasteiger partial charge in [-0.15, -0.1) is 0 Å². The normalized spacial score (nSPS) is 12.8. The lowest BCUT2D eigenvalue weighted by molar-refractivity contribution is -0.143. The Bertz CT molecular complexity index is 1160. The van der Waals surface area contributed by atoms with E-state index in [2.05, 4.69) is 4.74 Å². The van der Waals surface area contributed by atoms with Gasteiger partial charge in [-0.25, -0.2) is 0 Å². The SMILES string of the molecule is CC(C)C(C#N)(C(=O)O)c1ccc(OC(F)F)cc1Cc1cccc(Oc2ccccc2)c1. The monoisotopic (exact) mass is 451 g/mol. The molecule has 5 nitrogen and oxygen atoms in total. The van der Waals surface area contributed by atoms with Crippen LogP contribution in [-0.4, -0.2) is 17.7 Å². The maximum Gasteiger partial charge on any atom is 0.387 e. The molecule has 0 bridgehead atoms. The number of alkyl halides is 2. The van der Waals surface area contributed by atoms with Crippen LogP contribution in [0.4, 0.5) is 8.78 Å². The molecule has 33 heavy (non-hydrogen) atoms. The van der Waals surface area contributed by atoms with E-state index in [9.17, 15) is 23.9 Å². The predicted octanol–water partition coefficient (Wildman–Crippen LogP) is 6.17. The summed E-state index contributed by atoms with van der Waals surface area (Å²) in [6.07, 6.45) is 0.186. The van der Waals surface area contributed by atoms with Gasteiger partial charge in [0.05, 0.1) is 6.07 Å². The minimum Gasteiger partial charge on any atom is -0.480 e. The van der Waals surface area contributed by atoms with Gasteiger partial charge in [-0.1, -0.05) is 50.2 Å². The zero-order valence-electron chi connectivity index (χ0n) is 18.2. The average molecular weight is 451 g/mol. The third-order valence-electron chi connectivity index (χ3n) is 5.38. The first-order valence-electron chi connectivity index (χ1n) is 10.3. The first-order chi connectivity index (χ1) is 15.8. The van der Waals surface area contributed by atoms with E-state index in [0.717, 1.165) is 5.56 Å². The van der Waals surface area contributed by atoms with E-state index in [4.69, 9.17) is 4.74 Å². The van der Waals surface area contributed by atoms with Crippen LogP contribution in [0.2, 0.25) is 0 Å². The highest BCUT2D eigenvalue weighted by Gasteiger charge is 2.45.